The predicted octanol–water partition coefficient (Wildman–Crippen LogP) is 3.65. The number of pyridine rings is 1. The Morgan fingerprint density at radius 2 is 2.00 bits per heavy atom. The summed E-state index contributed by atoms with van der Waals surface area (Å²) in [6.45, 7) is 6.26. The molecule has 0 bridgehead atoms. The zero-order valence-electron chi connectivity index (χ0n) is 19.7. The number of piperazine rings is 1. The third-order valence-corrected chi connectivity index (χ3v) is 8.56. The average Bonchev–Trinajstić information content (AvgIpc) is 3.30. The highest BCUT2D eigenvalue weighted by Gasteiger charge is 2.47. The van der Waals surface area contributed by atoms with Crippen molar-refractivity contribution in [2.24, 2.45) is 11.3 Å². The van der Waals surface area contributed by atoms with E-state index in [-0.39, 0.29) is 11.0 Å². The van der Waals surface area contributed by atoms with E-state index in [0.29, 0.717) is 10.6 Å². The molecule has 33 heavy (non-hydrogen) atoms. The SMILES string of the molecule is CN1CCN(c2cc(N(C)C)c3c(n2)sc2c(=O)n(C4=CC5CC5(C)C=CC4)cnc23)CC1. The maximum Gasteiger partial charge on any atom is 0.275 e. The number of thiophene rings is 1. The van der Waals surface area contributed by atoms with Crippen molar-refractivity contribution >= 4 is 49.0 Å². The van der Waals surface area contributed by atoms with Gasteiger partial charge in [-0.25, -0.2) is 9.97 Å². The van der Waals surface area contributed by atoms with E-state index >= 15 is 0 Å². The predicted molar refractivity (Wildman–Crippen MR) is 137 cm³/mol. The van der Waals surface area contributed by atoms with E-state index in [1.807, 2.05) is 14.1 Å². The Bertz CT molecular complexity index is 1380. The van der Waals surface area contributed by atoms with Gasteiger partial charge in [0.1, 0.15) is 27.2 Å². The highest BCUT2D eigenvalue weighted by Crippen LogP contribution is 2.56. The number of hydrogen-bond donors (Lipinski definition) is 0. The molecule has 2 aliphatic carbocycles. The zero-order chi connectivity index (χ0) is 22.9. The molecule has 172 valence electrons. The molecule has 1 aliphatic heterocycles. The van der Waals surface area contributed by atoms with Gasteiger partial charge in [0.25, 0.3) is 5.56 Å². The van der Waals surface area contributed by atoms with Crippen molar-refractivity contribution in [3.63, 3.8) is 0 Å². The second kappa shape index (κ2) is 7.40. The Labute approximate surface area is 197 Å². The summed E-state index contributed by atoms with van der Waals surface area (Å²) >= 11 is 1.48. The number of nitrogens with zero attached hydrogens (tertiary/aromatic N) is 6. The quantitative estimate of drug-likeness (QED) is 0.554. The molecular formula is C25H30N6OS. The van der Waals surface area contributed by atoms with Crippen LogP contribution in [0.3, 0.4) is 0 Å². The molecule has 0 radical (unpaired) electrons. The van der Waals surface area contributed by atoms with Crippen molar-refractivity contribution in [3.8, 4) is 0 Å². The normalized spacial score (nSPS) is 25.3. The van der Waals surface area contributed by atoms with Gasteiger partial charge in [-0.15, -0.1) is 11.3 Å². The Morgan fingerprint density at radius 1 is 1.21 bits per heavy atom. The summed E-state index contributed by atoms with van der Waals surface area (Å²) < 4.78 is 2.44. The third kappa shape index (κ3) is 3.38. The summed E-state index contributed by atoms with van der Waals surface area (Å²) in [5.74, 6) is 1.50. The topological polar surface area (TPSA) is 57.5 Å². The van der Waals surface area contributed by atoms with Gasteiger partial charge in [-0.2, -0.15) is 0 Å². The number of aromatic nitrogens is 3. The molecule has 2 fully saturated rings. The summed E-state index contributed by atoms with van der Waals surface area (Å²) in [5.41, 5.74) is 3.14. The van der Waals surface area contributed by atoms with Crippen LogP contribution in [0.25, 0.3) is 26.1 Å². The van der Waals surface area contributed by atoms with E-state index in [1.54, 1.807) is 10.9 Å². The molecule has 4 heterocycles. The average molecular weight is 463 g/mol. The first-order valence-corrected chi connectivity index (χ1v) is 12.5. The Kier molecular flexibility index (Phi) is 4.68. The monoisotopic (exact) mass is 462 g/mol. The van der Waals surface area contributed by atoms with Crippen molar-refractivity contribution in [1.29, 1.82) is 0 Å². The van der Waals surface area contributed by atoms with Crippen LogP contribution in [0, 0.1) is 11.3 Å². The lowest BCUT2D eigenvalue weighted by molar-refractivity contribution is 0.312. The standard InChI is InChI=1S/C25H30N6OS/c1-25-7-5-6-17(12-16(25)14-25)31-15-26-21-20-18(28(2)3)13-19(30-10-8-29(4)9-11-30)27-23(20)33-22(21)24(31)32/h5,7,12-13,15-16H,6,8-11,14H2,1-4H3. The fourth-order valence-electron chi connectivity index (χ4n) is 5.14. The van der Waals surface area contributed by atoms with Crippen molar-refractivity contribution in [2.75, 3.05) is 57.1 Å². The van der Waals surface area contributed by atoms with Gasteiger partial charge in [0, 0.05) is 58.5 Å². The van der Waals surface area contributed by atoms with Gasteiger partial charge < -0.3 is 14.7 Å². The van der Waals surface area contributed by atoms with Crippen LogP contribution in [0.2, 0.25) is 0 Å². The van der Waals surface area contributed by atoms with E-state index in [1.165, 1.54) is 11.3 Å². The Morgan fingerprint density at radius 3 is 2.76 bits per heavy atom. The van der Waals surface area contributed by atoms with Crippen LogP contribution in [0.4, 0.5) is 11.5 Å². The lowest BCUT2D eigenvalue weighted by Crippen LogP contribution is -2.44. The van der Waals surface area contributed by atoms with Crippen LogP contribution in [-0.4, -0.2) is 66.8 Å². The van der Waals surface area contributed by atoms with Gasteiger partial charge in [-0.05, 0) is 24.8 Å². The number of fused-ring (bicyclic) bond motifs is 4. The van der Waals surface area contributed by atoms with Crippen LogP contribution >= 0.6 is 11.3 Å². The lowest BCUT2D eigenvalue weighted by atomic mass is 10.1. The minimum atomic E-state index is 0.0118. The molecule has 2 atom stereocenters. The fraction of sp³-hybridized carbons (Fsp3) is 0.480. The summed E-state index contributed by atoms with van der Waals surface area (Å²) in [7, 11) is 6.25. The summed E-state index contributed by atoms with van der Waals surface area (Å²) in [5, 5.41) is 0.978. The van der Waals surface area contributed by atoms with Gasteiger partial charge in [-0.3, -0.25) is 9.36 Å². The van der Waals surface area contributed by atoms with Crippen molar-refractivity contribution in [3.05, 3.63) is 41.0 Å². The first-order chi connectivity index (χ1) is 15.8. The van der Waals surface area contributed by atoms with Crippen molar-refractivity contribution < 1.29 is 0 Å². The van der Waals surface area contributed by atoms with Crippen LogP contribution in [0.15, 0.2) is 35.4 Å². The molecule has 1 saturated carbocycles. The third-order valence-electron chi connectivity index (χ3n) is 7.50. The highest BCUT2D eigenvalue weighted by molar-refractivity contribution is 7.25. The van der Waals surface area contributed by atoms with E-state index in [0.717, 1.165) is 72.0 Å². The van der Waals surface area contributed by atoms with Crippen molar-refractivity contribution in [2.45, 2.75) is 19.8 Å². The summed E-state index contributed by atoms with van der Waals surface area (Å²) in [6, 6.07) is 2.15. The molecular weight excluding hydrogens is 432 g/mol. The Balaban J connectivity index is 1.49. The molecule has 0 aromatic carbocycles. The molecule has 0 amide bonds. The maximum absolute atomic E-state index is 13.6. The molecule has 6 rings (SSSR count). The number of allylic oxidation sites excluding steroid dienone is 4. The van der Waals surface area contributed by atoms with Gasteiger partial charge in [0.15, 0.2) is 0 Å². The van der Waals surface area contributed by atoms with Gasteiger partial charge in [-0.1, -0.05) is 25.2 Å². The van der Waals surface area contributed by atoms with Gasteiger partial charge in [0.05, 0.1) is 11.1 Å². The van der Waals surface area contributed by atoms with E-state index in [9.17, 15) is 4.79 Å². The van der Waals surface area contributed by atoms with Gasteiger partial charge in [0.2, 0.25) is 0 Å². The molecule has 1 saturated heterocycles. The molecule has 3 aromatic heterocycles. The van der Waals surface area contributed by atoms with E-state index in [4.69, 9.17) is 9.97 Å². The van der Waals surface area contributed by atoms with Crippen LogP contribution in [0.5, 0.6) is 0 Å². The Hall–Kier alpha value is -2.71. The summed E-state index contributed by atoms with van der Waals surface area (Å²) in [6.07, 6.45) is 10.4. The molecule has 7 nitrogen and oxygen atoms in total. The largest absolute Gasteiger partial charge is 0.377 e. The molecule has 8 heteroatoms. The number of likely N-dealkylation sites (N-methyl/N-ethyl adjacent to an activating group) is 1. The van der Waals surface area contributed by atoms with Gasteiger partial charge >= 0.3 is 0 Å². The number of rotatable bonds is 3. The van der Waals surface area contributed by atoms with Crippen LogP contribution < -0.4 is 15.4 Å². The van der Waals surface area contributed by atoms with Crippen LogP contribution in [0.1, 0.15) is 19.8 Å². The summed E-state index contributed by atoms with van der Waals surface area (Å²) in [4.78, 5) is 31.1. The first-order valence-electron chi connectivity index (χ1n) is 11.7. The second-order valence-electron chi connectivity index (χ2n) is 10.1. The van der Waals surface area contributed by atoms with E-state index in [2.05, 4.69) is 53.0 Å². The zero-order valence-corrected chi connectivity index (χ0v) is 20.5. The number of hydrogen-bond acceptors (Lipinski definition) is 7. The van der Waals surface area contributed by atoms with Crippen molar-refractivity contribution in [1.82, 2.24) is 19.4 Å². The molecule has 3 aliphatic rings. The fourth-order valence-corrected chi connectivity index (χ4v) is 6.21. The maximum atomic E-state index is 13.6. The van der Waals surface area contributed by atoms with Crippen LogP contribution in [-0.2, 0) is 0 Å². The highest BCUT2D eigenvalue weighted by atomic mass is 32.1. The lowest BCUT2D eigenvalue weighted by Gasteiger charge is -2.33. The number of anilines is 2. The smallest absolute Gasteiger partial charge is 0.275 e. The molecule has 3 aromatic rings. The minimum absolute atomic E-state index is 0.0118. The molecule has 0 spiro atoms. The van der Waals surface area contributed by atoms with E-state index < -0.39 is 0 Å². The molecule has 2 unspecified atom stereocenters. The molecule has 0 N–H and O–H groups in total. The first kappa shape index (κ1) is 20.9. The second-order valence-corrected chi connectivity index (χ2v) is 11.1. The minimum Gasteiger partial charge on any atom is -0.377 e.